The van der Waals surface area contributed by atoms with Crippen LogP contribution in [0.5, 0.6) is 5.75 Å². The molecule has 0 aliphatic heterocycles. The van der Waals surface area contributed by atoms with Gasteiger partial charge in [0.1, 0.15) is 16.5 Å². The van der Waals surface area contributed by atoms with E-state index in [2.05, 4.69) is 10.0 Å². The maximum Gasteiger partial charge on any atom is 0.255 e. The van der Waals surface area contributed by atoms with Crippen LogP contribution in [-0.4, -0.2) is 27.5 Å². The minimum absolute atomic E-state index is 0.0336. The SMILES string of the molecule is COc1ccc(C(=O)Nc2cc(C)ccc2F)cc1S(=O)(=O)NC1CC1. The minimum Gasteiger partial charge on any atom is -0.495 e. The number of aryl methyl sites for hydroxylation is 1. The summed E-state index contributed by atoms with van der Waals surface area (Å²) in [6.45, 7) is 1.77. The van der Waals surface area contributed by atoms with Crippen molar-refractivity contribution >= 4 is 21.6 Å². The van der Waals surface area contributed by atoms with Crippen molar-refractivity contribution in [1.29, 1.82) is 0 Å². The Morgan fingerprint density at radius 2 is 1.92 bits per heavy atom. The molecule has 1 saturated carbocycles. The summed E-state index contributed by atoms with van der Waals surface area (Å²) in [5, 5.41) is 2.47. The number of amides is 1. The zero-order chi connectivity index (χ0) is 18.9. The van der Waals surface area contributed by atoms with E-state index in [-0.39, 0.29) is 27.9 Å². The summed E-state index contributed by atoms with van der Waals surface area (Å²) in [6, 6.07) is 8.33. The molecule has 26 heavy (non-hydrogen) atoms. The van der Waals surface area contributed by atoms with Crippen LogP contribution in [0, 0.1) is 12.7 Å². The second-order valence-corrected chi connectivity index (χ2v) is 7.88. The van der Waals surface area contributed by atoms with Gasteiger partial charge in [-0.15, -0.1) is 0 Å². The Kier molecular flexibility index (Phi) is 4.97. The number of hydrogen-bond donors (Lipinski definition) is 2. The van der Waals surface area contributed by atoms with Crippen LogP contribution in [0.4, 0.5) is 10.1 Å². The summed E-state index contributed by atoms with van der Waals surface area (Å²) in [5.41, 5.74) is 0.905. The third-order valence-electron chi connectivity index (χ3n) is 3.98. The lowest BCUT2D eigenvalue weighted by Crippen LogP contribution is -2.26. The van der Waals surface area contributed by atoms with Gasteiger partial charge in [-0.1, -0.05) is 6.07 Å². The lowest BCUT2D eigenvalue weighted by molar-refractivity contribution is 0.102. The number of ether oxygens (including phenoxy) is 1. The Morgan fingerprint density at radius 3 is 2.58 bits per heavy atom. The second kappa shape index (κ2) is 7.05. The molecule has 0 atom stereocenters. The zero-order valence-corrected chi connectivity index (χ0v) is 15.2. The number of sulfonamides is 1. The molecule has 3 rings (SSSR count). The topological polar surface area (TPSA) is 84.5 Å². The number of rotatable bonds is 6. The van der Waals surface area contributed by atoms with E-state index in [0.717, 1.165) is 18.4 Å². The van der Waals surface area contributed by atoms with Gasteiger partial charge in [0.05, 0.1) is 12.8 Å². The summed E-state index contributed by atoms with van der Waals surface area (Å²) in [7, 11) is -2.46. The van der Waals surface area contributed by atoms with Crippen molar-refractivity contribution in [2.24, 2.45) is 0 Å². The number of hydrogen-bond acceptors (Lipinski definition) is 4. The monoisotopic (exact) mass is 378 g/mol. The summed E-state index contributed by atoms with van der Waals surface area (Å²) >= 11 is 0. The highest BCUT2D eigenvalue weighted by Crippen LogP contribution is 2.28. The standard InChI is InChI=1S/C18H19FN2O4S/c1-11-3-7-14(19)15(9-11)20-18(22)12-4-8-16(25-2)17(10-12)26(23,24)21-13-5-6-13/h3-4,7-10,13,21H,5-6H2,1-2H3,(H,20,22). The largest absolute Gasteiger partial charge is 0.495 e. The van der Waals surface area contributed by atoms with Crippen molar-refractivity contribution < 1.29 is 22.3 Å². The van der Waals surface area contributed by atoms with E-state index in [0.29, 0.717) is 0 Å². The molecule has 2 aromatic carbocycles. The second-order valence-electron chi connectivity index (χ2n) is 6.20. The molecule has 1 aliphatic rings. The summed E-state index contributed by atoms with van der Waals surface area (Å²) in [6.07, 6.45) is 1.57. The predicted octanol–water partition coefficient (Wildman–Crippen LogP) is 2.84. The number of methoxy groups -OCH3 is 1. The van der Waals surface area contributed by atoms with Gasteiger partial charge in [0.2, 0.25) is 10.0 Å². The summed E-state index contributed by atoms with van der Waals surface area (Å²) in [5.74, 6) is -1.04. The van der Waals surface area contributed by atoms with Crippen molar-refractivity contribution in [2.75, 3.05) is 12.4 Å². The molecular weight excluding hydrogens is 359 g/mol. The lowest BCUT2D eigenvalue weighted by atomic mass is 10.1. The molecule has 0 unspecified atom stereocenters. The van der Waals surface area contributed by atoms with Crippen LogP contribution in [0.25, 0.3) is 0 Å². The molecule has 1 amide bonds. The molecule has 8 heteroatoms. The van der Waals surface area contributed by atoms with Crippen LogP contribution in [0.2, 0.25) is 0 Å². The Labute approximate surface area is 151 Å². The van der Waals surface area contributed by atoms with E-state index in [9.17, 15) is 17.6 Å². The van der Waals surface area contributed by atoms with Crippen molar-refractivity contribution in [3.8, 4) is 5.75 Å². The molecule has 0 aromatic heterocycles. The van der Waals surface area contributed by atoms with Crippen LogP contribution in [0.15, 0.2) is 41.3 Å². The van der Waals surface area contributed by atoms with Gasteiger partial charge in [0.15, 0.2) is 0 Å². The van der Waals surface area contributed by atoms with Gasteiger partial charge < -0.3 is 10.1 Å². The highest BCUT2D eigenvalue weighted by atomic mass is 32.2. The first-order valence-electron chi connectivity index (χ1n) is 8.08. The molecule has 6 nitrogen and oxygen atoms in total. The van der Waals surface area contributed by atoms with Gasteiger partial charge in [-0.3, -0.25) is 4.79 Å². The first-order chi connectivity index (χ1) is 12.3. The predicted molar refractivity (Wildman–Crippen MR) is 95.4 cm³/mol. The Balaban J connectivity index is 1.91. The smallest absolute Gasteiger partial charge is 0.255 e. The molecule has 138 valence electrons. The third-order valence-corrected chi connectivity index (χ3v) is 5.53. The van der Waals surface area contributed by atoms with Crippen LogP contribution in [-0.2, 0) is 10.0 Å². The Morgan fingerprint density at radius 1 is 1.19 bits per heavy atom. The van der Waals surface area contributed by atoms with Gasteiger partial charge in [0.25, 0.3) is 5.91 Å². The number of nitrogens with one attached hydrogen (secondary N) is 2. The van der Waals surface area contributed by atoms with Crippen molar-refractivity contribution in [1.82, 2.24) is 4.72 Å². The lowest BCUT2D eigenvalue weighted by Gasteiger charge is -2.13. The molecule has 2 N–H and O–H groups in total. The average Bonchev–Trinajstić information content (AvgIpc) is 3.40. The van der Waals surface area contributed by atoms with Gasteiger partial charge in [0, 0.05) is 11.6 Å². The molecule has 0 spiro atoms. The number of anilines is 1. The van der Waals surface area contributed by atoms with Crippen molar-refractivity contribution in [3.05, 3.63) is 53.3 Å². The first kappa shape index (κ1) is 18.3. The molecule has 0 heterocycles. The third kappa shape index (κ3) is 4.03. The van der Waals surface area contributed by atoms with Gasteiger partial charge in [-0.25, -0.2) is 17.5 Å². The van der Waals surface area contributed by atoms with E-state index in [4.69, 9.17) is 4.74 Å². The van der Waals surface area contributed by atoms with E-state index in [1.54, 1.807) is 13.0 Å². The van der Waals surface area contributed by atoms with E-state index >= 15 is 0 Å². The molecule has 0 radical (unpaired) electrons. The number of carbonyl (C=O) groups excluding carboxylic acids is 1. The van der Waals surface area contributed by atoms with Crippen LogP contribution >= 0.6 is 0 Å². The number of benzene rings is 2. The summed E-state index contributed by atoms with van der Waals surface area (Å²) < 4.78 is 46.5. The highest BCUT2D eigenvalue weighted by Gasteiger charge is 2.30. The Hall–Kier alpha value is -2.45. The summed E-state index contributed by atoms with van der Waals surface area (Å²) in [4.78, 5) is 12.3. The van der Waals surface area contributed by atoms with Crippen LogP contribution in [0.3, 0.4) is 0 Å². The minimum atomic E-state index is -3.81. The van der Waals surface area contributed by atoms with Crippen molar-refractivity contribution in [2.45, 2.75) is 30.7 Å². The van der Waals surface area contributed by atoms with E-state index in [1.165, 1.54) is 37.4 Å². The number of halogens is 1. The molecule has 0 saturated heterocycles. The molecule has 1 fully saturated rings. The fraction of sp³-hybridized carbons (Fsp3) is 0.278. The number of carbonyl (C=O) groups is 1. The maximum absolute atomic E-state index is 13.8. The molecular formula is C18H19FN2O4S. The van der Waals surface area contributed by atoms with E-state index < -0.39 is 21.7 Å². The fourth-order valence-electron chi connectivity index (χ4n) is 2.44. The van der Waals surface area contributed by atoms with Gasteiger partial charge in [-0.05, 0) is 55.7 Å². The highest BCUT2D eigenvalue weighted by molar-refractivity contribution is 7.89. The zero-order valence-electron chi connectivity index (χ0n) is 14.4. The normalized spacial score (nSPS) is 14.1. The first-order valence-corrected chi connectivity index (χ1v) is 9.56. The van der Waals surface area contributed by atoms with E-state index in [1.807, 2.05) is 0 Å². The molecule has 1 aliphatic carbocycles. The van der Waals surface area contributed by atoms with Crippen molar-refractivity contribution in [3.63, 3.8) is 0 Å². The molecule has 2 aromatic rings. The Bertz CT molecular complexity index is 956. The average molecular weight is 378 g/mol. The van der Waals surface area contributed by atoms with Gasteiger partial charge in [-0.2, -0.15) is 0 Å². The van der Waals surface area contributed by atoms with Crippen LogP contribution in [0.1, 0.15) is 28.8 Å². The van der Waals surface area contributed by atoms with Gasteiger partial charge >= 0.3 is 0 Å². The quantitative estimate of drug-likeness (QED) is 0.810. The molecule has 0 bridgehead atoms. The maximum atomic E-state index is 13.8. The fourth-order valence-corrected chi connectivity index (χ4v) is 3.94. The van der Waals surface area contributed by atoms with Crippen LogP contribution < -0.4 is 14.8 Å².